The van der Waals surface area contributed by atoms with Crippen molar-refractivity contribution in [2.24, 2.45) is 0 Å². The Bertz CT molecular complexity index is 1400. The smallest absolute Gasteiger partial charge is 0.158 e. The van der Waals surface area contributed by atoms with Crippen LogP contribution in [0.5, 0.6) is 5.75 Å². The lowest BCUT2D eigenvalue weighted by Gasteiger charge is -2.34. The van der Waals surface area contributed by atoms with Crippen molar-refractivity contribution in [1.82, 2.24) is 4.98 Å². The minimum atomic E-state index is -0.617. The standard InChI is InChI=1S/C33H36ClNO4/c1-33(2,39-32-12-5-6-19-37-32)29-11-4-3-8-23(29)15-18-31(36)25-9-7-10-28(20-25)38-22-27-17-14-24-13-16-26(34)21-30(24)35-27/h3-4,7-11,13-14,16-17,20-21,31-32,36H,5-6,12,15,18-19,22H2,1-2H3/t31-,32?/m1/s1. The zero-order valence-corrected chi connectivity index (χ0v) is 23.4. The number of aliphatic hydroxyl groups is 1. The Kier molecular flexibility index (Phi) is 8.83. The molecule has 1 fully saturated rings. The third-order valence-corrected chi connectivity index (χ3v) is 7.49. The highest BCUT2D eigenvalue weighted by molar-refractivity contribution is 6.31. The highest BCUT2D eigenvalue weighted by atomic mass is 35.5. The van der Waals surface area contributed by atoms with Crippen molar-refractivity contribution in [2.45, 2.75) is 70.6 Å². The summed E-state index contributed by atoms with van der Waals surface area (Å²) in [6.45, 7) is 5.28. The third kappa shape index (κ3) is 7.17. The molecule has 1 aliphatic rings. The highest BCUT2D eigenvalue weighted by Crippen LogP contribution is 2.33. The predicted molar refractivity (Wildman–Crippen MR) is 155 cm³/mol. The van der Waals surface area contributed by atoms with Crippen LogP contribution in [-0.2, 0) is 28.1 Å². The first-order valence-electron chi connectivity index (χ1n) is 13.7. The molecule has 2 heterocycles. The predicted octanol–water partition coefficient (Wildman–Crippen LogP) is 7.91. The molecule has 5 nitrogen and oxygen atoms in total. The second kappa shape index (κ2) is 12.5. The molecule has 3 aromatic carbocycles. The number of aliphatic hydroxyl groups excluding tert-OH is 1. The second-order valence-electron chi connectivity index (χ2n) is 10.6. The first-order chi connectivity index (χ1) is 18.9. The van der Waals surface area contributed by atoms with Crippen LogP contribution in [0.1, 0.15) is 68.0 Å². The fourth-order valence-corrected chi connectivity index (χ4v) is 5.33. The second-order valence-corrected chi connectivity index (χ2v) is 11.1. The molecule has 1 unspecified atom stereocenters. The van der Waals surface area contributed by atoms with Gasteiger partial charge < -0.3 is 19.3 Å². The van der Waals surface area contributed by atoms with Crippen LogP contribution < -0.4 is 4.74 Å². The van der Waals surface area contributed by atoms with Crippen molar-refractivity contribution < 1.29 is 19.3 Å². The summed E-state index contributed by atoms with van der Waals surface area (Å²) in [6, 6.07) is 25.6. The van der Waals surface area contributed by atoms with Crippen molar-refractivity contribution in [1.29, 1.82) is 0 Å². The summed E-state index contributed by atoms with van der Waals surface area (Å²) in [5, 5.41) is 12.8. The number of rotatable bonds is 10. The van der Waals surface area contributed by atoms with Gasteiger partial charge in [-0.2, -0.15) is 0 Å². The van der Waals surface area contributed by atoms with Crippen LogP contribution in [0.15, 0.2) is 78.9 Å². The van der Waals surface area contributed by atoms with Crippen LogP contribution in [-0.4, -0.2) is 23.0 Å². The van der Waals surface area contributed by atoms with Crippen LogP contribution in [0.3, 0.4) is 0 Å². The monoisotopic (exact) mass is 545 g/mol. The van der Waals surface area contributed by atoms with Crippen LogP contribution >= 0.6 is 11.6 Å². The summed E-state index contributed by atoms with van der Waals surface area (Å²) in [5.74, 6) is 0.696. The average Bonchev–Trinajstić information content (AvgIpc) is 2.95. The van der Waals surface area contributed by atoms with Crippen molar-refractivity contribution in [3.8, 4) is 5.75 Å². The van der Waals surface area contributed by atoms with Gasteiger partial charge in [-0.15, -0.1) is 0 Å². The molecule has 0 bridgehead atoms. The molecule has 5 rings (SSSR count). The van der Waals surface area contributed by atoms with Gasteiger partial charge in [-0.25, -0.2) is 4.98 Å². The fraction of sp³-hybridized carbons (Fsp3) is 0.364. The maximum atomic E-state index is 11.1. The summed E-state index contributed by atoms with van der Waals surface area (Å²) in [4.78, 5) is 4.66. The maximum absolute atomic E-state index is 11.1. The Labute approximate surface area is 235 Å². The van der Waals surface area contributed by atoms with Crippen molar-refractivity contribution in [2.75, 3.05) is 6.61 Å². The number of hydrogen-bond acceptors (Lipinski definition) is 5. The van der Waals surface area contributed by atoms with Gasteiger partial charge in [0.1, 0.15) is 12.4 Å². The summed E-state index contributed by atoms with van der Waals surface area (Å²) < 4.78 is 18.2. The Morgan fingerprint density at radius 2 is 1.87 bits per heavy atom. The molecule has 0 spiro atoms. The first kappa shape index (κ1) is 27.6. The average molecular weight is 546 g/mol. The number of hydrogen-bond donors (Lipinski definition) is 1. The molecule has 0 aliphatic carbocycles. The van der Waals surface area contributed by atoms with E-state index in [4.69, 9.17) is 25.8 Å². The minimum absolute atomic E-state index is 0.169. The molecule has 1 aromatic heterocycles. The van der Waals surface area contributed by atoms with Gasteiger partial charge in [0, 0.05) is 17.0 Å². The van der Waals surface area contributed by atoms with E-state index in [0.717, 1.165) is 60.0 Å². The number of nitrogens with zero attached hydrogens (tertiary/aromatic N) is 1. The molecule has 1 saturated heterocycles. The summed E-state index contributed by atoms with van der Waals surface area (Å²) >= 11 is 6.12. The Morgan fingerprint density at radius 3 is 2.72 bits per heavy atom. The molecule has 39 heavy (non-hydrogen) atoms. The zero-order valence-electron chi connectivity index (χ0n) is 22.6. The molecule has 4 aromatic rings. The largest absolute Gasteiger partial charge is 0.487 e. The van der Waals surface area contributed by atoms with Gasteiger partial charge in [-0.1, -0.05) is 60.1 Å². The van der Waals surface area contributed by atoms with E-state index in [-0.39, 0.29) is 6.29 Å². The lowest BCUT2D eigenvalue weighted by molar-refractivity contribution is -0.219. The SMILES string of the molecule is CC(C)(OC1CCCCO1)c1ccccc1CC[C@@H](O)c1cccc(OCc2ccc3ccc(Cl)cc3n2)c1. The molecule has 0 amide bonds. The van der Waals surface area contributed by atoms with E-state index in [2.05, 4.69) is 31.0 Å². The van der Waals surface area contributed by atoms with Gasteiger partial charge in [0.15, 0.2) is 6.29 Å². The van der Waals surface area contributed by atoms with E-state index in [1.54, 1.807) is 0 Å². The molecular weight excluding hydrogens is 510 g/mol. The van der Waals surface area contributed by atoms with Crippen LogP contribution in [0.4, 0.5) is 0 Å². The Hall–Kier alpha value is -2.96. The molecule has 0 saturated carbocycles. The maximum Gasteiger partial charge on any atom is 0.158 e. The van der Waals surface area contributed by atoms with Gasteiger partial charge >= 0.3 is 0 Å². The lowest BCUT2D eigenvalue weighted by atomic mass is 9.89. The van der Waals surface area contributed by atoms with Gasteiger partial charge in [0.05, 0.1) is 22.9 Å². The number of benzene rings is 3. The Balaban J connectivity index is 1.21. The van der Waals surface area contributed by atoms with E-state index in [9.17, 15) is 5.11 Å². The van der Waals surface area contributed by atoms with E-state index in [1.165, 1.54) is 5.56 Å². The number of aryl methyl sites for hydroxylation is 1. The molecule has 2 atom stereocenters. The molecule has 1 N–H and O–H groups in total. The van der Waals surface area contributed by atoms with E-state index < -0.39 is 11.7 Å². The van der Waals surface area contributed by atoms with Crippen LogP contribution in [0.2, 0.25) is 5.02 Å². The minimum Gasteiger partial charge on any atom is -0.487 e. The van der Waals surface area contributed by atoms with Gasteiger partial charge in [0.2, 0.25) is 0 Å². The first-order valence-corrected chi connectivity index (χ1v) is 14.1. The number of pyridine rings is 1. The molecule has 204 valence electrons. The Morgan fingerprint density at radius 1 is 1.03 bits per heavy atom. The fourth-order valence-electron chi connectivity index (χ4n) is 5.16. The van der Waals surface area contributed by atoms with E-state index >= 15 is 0 Å². The van der Waals surface area contributed by atoms with Gasteiger partial charge in [0.25, 0.3) is 0 Å². The summed E-state index contributed by atoms with van der Waals surface area (Å²) in [5.41, 5.74) is 4.30. The molecule has 6 heteroatoms. The zero-order chi connectivity index (χ0) is 27.2. The summed E-state index contributed by atoms with van der Waals surface area (Å²) in [7, 11) is 0. The number of ether oxygens (including phenoxy) is 3. The third-order valence-electron chi connectivity index (χ3n) is 7.26. The number of halogens is 1. The number of fused-ring (bicyclic) bond motifs is 1. The van der Waals surface area contributed by atoms with Crippen molar-refractivity contribution in [3.63, 3.8) is 0 Å². The van der Waals surface area contributed by atoms with Crippen molar-refractivity contribution in [3.05, 3.63) is 106 Å². The number of aromatic nitrogens is 1. The molecular formula is C33H36ClNO4. The highest BCUT2D eigenvalue weighted by Gasteiger charge is 2.29. The normalized spacial score (nSPS) is 16.8. The molecule has 1 aliphatic heterocycles. The van der Waals surface area contributed by atoms with Crippen LogP contribution in [0.25, 0.3) is 10.9 Å². The van der Waals surface area contributed by atoms with Gasteiger partial charge in [-0.05, 0) is 93.0 Å². The quantitative estimate of drug-likeness (QED) is 0.219. The van der Waals surface area contributed by atoms with Gasteiger partial charge in [-0.3, -0.25) is 0 Å². The summed E-state index contributed by atoms with van der Waals surface area (Å²) in [6.07, 6.45) is 3.68. The van der Waals surface area contributed by atoms with Crippen molar-refractivity contribution >= 4 is 22.5 Å². The lowest BCUT2D eigenvalue weighted by Crippen LogP contribution is -2.33. The van der Waals surface area contributed by atoms with E-state index in [1.807, 2.05) is 66.7 Å². The van der Waals surface area contributed by atoms with Crippen LogP contribution in [0, 0.1) is 0 Å². The van der Waals surface area contributed by atoms with E-state index in [0.29, 0.717) is 23.8 Å². The molecule has 0 radical (unpaired) electrons. The topological polar surface area (TPSA) is 60.8 Å².